The summed E-state index contributed by atoms with van der Waals surface area (Å²) < 4.78 is 1.79. The second-order valence-corrected chi connectivity index (χ2v) is 5.73. The molecular weight excluding hydrogens is 290 g/mol. The number of hydrogen-bond donors (Lipinski definition) is 0. The Morgan fingerprint density at radius 1 is 1.30 bits per heavy atom. The predicted octanol–water partition coefficient (Wildman–Crippen LogP) is 3.30. The first-order valence-electron chi connectivity index (χ1n) is 7.52. The highest BCUT2D eigenvalue weighted by Crippen LogP contribution is 2.38. The fourth-order valence-corrected chi connectivity index (χ4v) is 3.19. The molecule has 4 rings (SSSR count). The molecule has 0 amide bonds. The molecule has 0 spiro atoms. The van der Waals surface area contributed by atoms with Gasteiger partial charge in [-0.2, -0.15) is 10.0 Å². The summed E-state index contributed by atoms with van der Waals surface area (Å²) >= 11 is 0. The van der Waals surface area contributed by atoms with Crippen LogP contribution < -0.4 is 0 Å². The lowest BCUT2D eigenvalue weighted by Gasteiger charge is -2.06. The lowest BCUT2D eigenvalue weighted by molar-refractivity contribution is 0.710. The van der Waals surface area contributed by atoms with E-state index in [0.29, 0.717) is 0 Å². The number of nitroso groups, excluding NO2 is 1. The average Bonchev–Trinajstić information content (AvgIpc) is 3.18. The maximum Gasteiger partial charge on any atom is 0.119 e. The molecule has 6 heteroatoms. The van der Waals surface area contributed by atoms with Crippen LogP contribution in [-0.2, 0) is 13.5 Å². The Balaban J connectivity index is 1.82. The largest absolute Gasteiger partial charge is 0.274 e. The molecule has 1 aromatic carbocycles. The standard InChI is InChI=1S/C17H15N5O/c1-22-9-14(17(20-22)16-6-7-18-10-19-16)12-2-4-13-11(8-12)3-5-15(13)21-23/h2,4,6-10,15H,3,5H2,1H3. The summed E-state index contributed by atoms with van der Waals surface area (Å²) in [4.78, 5) is 19.2. The summed E-state index contributed by atoms with van der Waals surface area (Å²) in [6.07, 6.45) is 6.92. The predicted molar refractivity (Wildman–Crippen MR) is 86.5 cm³/mol. The monoisotopic (exact) mass is 305 g/mol. The number of aromatic nitrogens is 4. The minimum atomic E-state index is -0.200. The van der Waals surface area contributed by atoms with E-state index in [1.54, 1.807) is 10.9 Å². The molecule has 1 unspecified atom stereocenters. The third-order valence-corrected chi connectivity index (χ3v) is 4.28. The molecule has 1 atom stereocenters. The summed E-state index contributed by atoms with van der Waals surface area (Å²) in [6.45, 7) is 0. The Morgan fingerprint density at radius 2 is 2.22 bits per heavy atom. The van der Waals surface area contributed by atoms with Crippen molar-refractivity contribution in [3.63, 3.8) is 0 Å². The summed E-state index contributed by atoms with van der Waals surface area (Å²) in [7, 11) is 1.90. The van der Waals surface area contributed by atoms with Gasteiger partial charge in [0.25, 0.3) is 0 Å². The minimum Gasteiger partial charge on any atom is -0.274 e. The maximum absolute atomic E-state index is 10.9. The van der Waals surface area contributed by atoms with Gasteiger partial charge in [0, 0.05) is 25.0 Å². The van der Waals surface area contributed by atoms with Crippen molar-refractivity contribution < 1.29 is 0 Å². The summed E-state index contributed by atoms with van der Waals surface area (Å²) in [5, 5.41) is 7.76. The lowest BCUT2D eigenvalue weighted by Crippen LogP contribution is -1.91. The van der Waals surface area contributed by atoms with Crippen LogP contribution in [0.4, 0.5) is 0 Å². The lowest BCUT2D eigenvalue weighted by atomic mass is 9.99. The van der Waals surface area contributed by atoms with E-state index in [4.69, 9.17) is 0 Å². The Labute approximate surface area is 133 Å². The normalized spacial score (nSPS) is 16.3. The first-order chi connectivity index (χ1) is 11.3. The molecule has 0 fully saturated rings. The Bertz CT molecular complexity index is 872. The number of hydrogen-bond acceptors (Lipinski definition) is 5. The van der Waals surface area contributed by atoms with E-state index in [1.807, 2.05) is 31.4 Å². The Morgan fingerprint density at radius 3 is 3.00 bits per heavy atom. The number of rotatable bonds is 3. The smallest absolute Gasteiger partial charge is 0.119 e. The molecule has 23 heavy (non-hydrogen) atoms. The zero-order chi connectivity index (χ0) is 15.8. The molecule has 2 aromatic heterocycles. The Hall–Kier alpha value is -2.89. The van der Waals surface area contributed by atoms with Gasteiger partial charge in [-0.05, 0) is 35.6 Å². The van der Waals surface area contributed by atoms with Crippen LogP contribution in [0.25, 0.3) is 22.5 Å². The maximum atomic E-state index is 10.9. The van der Waals surface area contributed by atoms with Crippen LogP contribution in [-0.4, -0.2) is 19.7 Å². The zero-order valence-corrected chi connectivity index (χ0v) is 12.7. The summed E-state index contributed by atoms with van der Waals surface area (Å²) in [5.41, 5.74) is 5.98. The molecule has 114 valence electrons. The highest BCUT2D eigenvalue weighted by atomic mass is 16.3. The van der Waals surface area contributed by atoms with Gasteiger partial charge in [-0.25, -0.2) is 9.97 Å². The van der Waals surface area contributed by atoms with Crippen LogP contribution in [0.5, 0.6) is 0 Å². The van der Waals surface area contributed by atoms with Gasteiger partial charge in [-0.3, -0.25) is 4.68 Å². The highest BCUT2D eigenvalue weighted by Gasteiger charge is 2.24. The van der Waals surface area contributed by atoms with E-state index in [1.165, 1.54) is 11.9 Å². The quantitative estimate of drug-likeness (QED) is 0.696. The van der Waals surface area contributed by atoms with Crippen molar-refractivity contribution in [2.45, 2.75) is 18.9 Å². The molecule has 0 aliphatic heterocycles. The molecular formula is C17H15N5O. The molecule has 0 saturated heterocycles. The number of nitrogens with zero attached hydrogens (tertiary/aromatic N) is 5. The van der Waals surface area contributed by atoms with E-state index in [-0.39, 0.29) is 6.04 Å². The van der Waals surface area contributed by atoms with Gasteiger partial charge >= 0.3 is 0 Å². The van der Waals surface area contributed by atoms with E-state index < -0.39 is 0 Å². The molecule has 1 aliphatic carbocycles. The molecule has 0 radical (unpaired) electrons. The van der Waals surface area contributed by atoms with Gasteiger partial charge in [0.05, 0.1) is 5.69 Å². The van der Waals surface area contributed by atoms with Crippen molar-refractivity contribution in [2.24, 2.45) is 12.2 Å². The molecule has 2 heterocycles. The second kappa shape index (κ2) is 5.39. The van der Waals surface area contributed by atoms with Crippen LogP contribution in [0.2, 0.25) is 0 Å². The van der Waals surface area contributed by atoms with Gasteiger partial charge in [-0.1, -0.05) is 23.4 Å². The molecule has 3 aromatic rings. The number of fused-ring (bicyclic) bond motifs is 1. The van der Waals surface area contributed by atoms with Gasteiger partial charge in [0.1, 0.15) is 18.1 Å². The first kappa shape index (κ1) is 13.8. The third-order valence-electron chi connectivity index (χ3n) is 4.28. The van der Waals surface area contributed by atoms with E-state index >= 15 is 0 Å². The zero-order valence-electron chi connectivity index (χ0n) is 12.7. The second-order valence-electron chi connectivity index (χ2n) is 5.73. The fourth-order valence-electron chi connectivity index (χ4n) is 3.19. The van der Waals surface area contributed by atoms with E-state index in [0.717, 1.165) is 40.9 Å². The minimum absolute atomic E-state index is 0.200. The van der Waals surface area contributed by atoms with Crippen molar-refractivity contribution in [3.8, 4) is 22.5 Å². The highest BCUT2D eigenvalue weighted by molar-refractivity contribution is 5.79. The van der Waals surface area contributed by atoms with Gasteiger partial charge in [0.2, 0.25) is 0 Å². The van der Waals surface area contributed by atoms with Gasteiger partial charge in [-0.15, -0.1) is 0 Å². The topological polar surface area (TPSA) is 73.0 Å². The number of aryl methyl sites for hydroxylation is 2. The summed E-state index contributed by atoms with van der Waals surface area (Å²) in [6, 6.07) is 7.84. The van der Waals surface area contributed by atoms with E-state index in [9.17, 15) is 4.91 Å². The van der Waals surface area contributed by atoms with Crippen LogP contribution in [0.1, 0.15) is 23.6 Å². The molecule has 0 saturated carbocycles. The van der Waals surface area contributed by atoms with Gasteiger partial charge in [0.15, 0.2) is 0 Å². The molecule has 0 bridgehead atoms. The van der Waals surface area contributed by atoms with Crippen molar-refractivity contribution in [1.82, 2.24) is 19.7 Å². The molecule has 6 nitrogen and oxygen atoms in total. The van der Waals surface area contributed by atoms with Crippen molar-refractivity contribution in [1.29, 1.82) is 0 Å². The van der Waals surface area contributed by atoms with Crippen LogP contribution in [0.3, 0.4) is 0 Å². The SMILES string of the molecule is Cn1cc(-c2ccc3c(c2)CCC3N=O)c(-c2ccncn2)n1. The van der Waals surface area contributed by atoms with Crippen molar-refractivity contribution in [3.05, 3.63) is 59.0 Å². The number of benzene rings is 1. The van der Waals surface area contributed by atoms with Crippen molar-refractivity contribution >= 4 is 0 Å². The fraction of sp³-hybridized carbons (Fsp3) is 0.235. The van der Waals surface area contributed by atoms with Crippen LogP contribution in [0.15, 0.2) is 48.2 Å². The van der Waals surface area contributed by atoms with Crippen LogP contribution in [0, 0.1) is 4.91 Å². The van der Waals surface area contributed by atoms with Gasteiger partial charge < -0.3 is 0 Å². The molecule has 1 aliphatic rings. The third kappa shape index (κ3) is 2.32. The van der Waals surface area contributed by atoms with Crippen molar-refractivity contribution in [2.75, 3.05) is 0 Å². The average molecular weight is 305 g/mol. The van der Waals surface area contributed by atoms with E-state index in [2.05, 4.69) is 26.3 Å². The Kier molecular flexibility index (Phi) is 3.22. The summed E-state index contributed by atoms with van der Waals surface area (Å²) in [5.74, 6) is 0. The van der Waals surface area contributed by atoms with Crippen LogP contribution >= 0.6 is 0 Å². The first-order valence-corrected chi connectivity index (χ1v) is 7.52. The molecule has 0 N–H and O–H groups in total.